The van der Waals surface area contributed by atoms with Crippen LogP contribution < -0.4 is 5.32 Å². The number of hydrogen-bond donors (Lipinski definition) is 1. The molecule has 0 spiro atoms. The second-order valence-electron chi connectivity index (χ2n) is 6.91. The van der Waals surface area contributed by atoms with Crippen LogP contribution >= 0.6 is 11.8 Å². The van der Waals surface area contributed by atoms with E-state index in [0.29, 0.717) is 17.3 Å². The van der Waals surface area contributed by atoms with Crippen molar-refractivity contribution in [1.82, 2.24) is 15.2 Å². The first-order valence-electron chi connectivity index (χ1n) is 7.91. The molecule has 1 aliphatic rings. The predicted molar refractivity (Wildman–Crippen MR) is 96.9 cm³/mol. The number of thioether (sulfide) groups is 1. The van der Waals surface area contributed by atoms with Crippen molar-refractivity contribution in [1.29, 1.82) is 0 Å². The first kappa shape index (κ1) is 16.8. The van der Waals surface area contributed by atoms with Gasteiger partial charge in [0.15, 0.2) is 0 Å². The van der Waals surface area contributed by atoms with Crippen molar-refractivity contribution in [2.75, 3.05) is 11.6 Å². The summed E-state index contributed by atoms with van der Waals surface area (Å²) >= 11 is 1.59. The molecular weight excluding hydrogens is 322 g/mol. The molecule has 0 saturated carbocycles. The fraction of sp³-hybridized carbons (Fsp3) is 0.389. The minimum Gasteiger partial charge on any atom is -0.350 e. The van der Waals surface area contributed by atoms with Crippen molar-refractivity contribution < 1.29 is 9.59 Å². The maximum atomic E-state index is 13.0. The molecule has 3 rings (SSSR count). The second-order valence-corrected chi connectivity index (χ2v) is 7.91. The molecule has 1 atom stereocenters. The Morgan fingerprint density at radius 1 is 1.25 bits per heavy atom. The standard InChI is InChI=1S/C18H21N3O2S/c1-18(2,3)20-16(22)14-10-24-11-21(14)17(23)15-13-7-5-4-6-12(13)8-9-19-15/h4-9,14H,10-11H2,1-3H3,(H,20,22)/t14-/m1/s1. The molecule has 0 radical (unpaired) electrons. The Balaban J connectivity index is 1.89. The molecule has 126 valence electrons. The van der Waals surface area contributed by atoms with Crippen LogP contribution in [0.2, 0.25) is 0 Å². The third kappa shape index (κ3) is 3.38. The van der Waals surface area contributed by atoms with E-state index in [4.69, 9.17) is 0 Å². The highest BCUT2D eigenvalue weighted by atomic mass is 32.2. The van der Waals surface area contributed by atoms with Crippen LogP contribution in [0.1, 0.15) is 31.3 Å². The average molecular weight is 343 g/mol. The number of pyridine rings is 1. The third-order valence-electron chi connectivity index (χ3n) is 3.82. The van der Waals surface area contributed by atoms with Gasteiger partial charge in [0.05, 0.1) is 5.88 Å². The van der Waals surface area contributed by atoms with Gasteiger partial charge in [0.25, 0.3) is 5.91 Å². The lowest BCUT2D eigenvalue weighted by atomic mass is 10.1. The fourth-order valence-corrected chi connectivity index (χ4v) is 3.89. The molecule has 0 aliphatic carbocycles. The van der Waals surface area contributed by atoms with Crippen molar-refractivity contribution in [3.05, 3.63) is 42.2 Å². The highest BCUT2D eigenvalue weighted by molar-refractivity contribution is 7.99. The first-order valence-corrected chi connectivity index (χ1v) is 9.07. The van der Waals surface area contributed by atoms with E-state index in [0.717, 1.165) is 10.8 Å². The van der Waals surface area contributed by atoms with E-state index in [1.807, 2.05) is 51.1 Å². The molecule has 0 unspecified atom stereocenters. The minimum atomic E-state index is -0.456. The van der Waals surface area contributed by atoms with Crippen LogP contribution in [0.3, 0.4) is 0 Å². The summed E-state index contributed by atoms with van der Waals surface area (Å²) in [6, 6.07) is 9.10. The van der Waals surface area contributed by atoms with Crippen molar-refractivity contribution in [2.24, 2.45) is 0 Å². The number of aromatic nitrogens is 1. The summed E-state index contributed by atoms with van der Waals surface area (Å²) in [6.07, 6.45) is 1.64. The molecule has 0 bridgehead atoms. The fourth-order valence-electron chi connectivity index (χ4n) is 2.74. The monoisotopic (exact) mass is 343 g/mol. The molecule has 1 saturated heterocycles. The average Bonchev–Trinajstić information content (AvgIpc) is 3.02. The highest BCUT2D eigenvalue weighted by Crippen LogP contribution is 2.26. The Hall–Kier alpha value is -2.08. The molecule has 1 aromatic heterocycles. The van der Waals surface area contributed by atoms with Crippen LogP contribution in [-0.4, -0.2) is 44.9 Å². The number of rotatable bonds is 2. The van der Waals surface area contributed by atoms with Gasteiger partial charge >= 0.3 is 0 Å². The lowest BCUT2D eigenvalue weighted by Crippen LogP contribution is -2.52. The molecule has 5 nitrogen and oxygen atoms in total. The number of nitrogens with zero attached hydrogens (tertiary/aromatic N) is 2. The maximum Gasteiger partial charge on any atom is 0.274 e. The van der Waals surface area contributed by atoms with Crippen molar-refractivity contribution in [3.8, 4) is 0 Å². The van der Waals surface area contributed by atoms with E-state index in [1.165, 1.54) is 0 Å². The quantitative estimate of drug-likeness (QED) is 0.911. The molecule has 24 heavy (non-hydrogen) atoms. The zero-order chi connectivity index (χ0) is 17.3. The number of nitrogens with one attached hydrogen (secondary N) is 1. The largest absolute Gasteiger partial charge is 0.350 e. The Labute approximate surface area is 145 Å². The third-order valence-corrected chi connectivity index (χ3v) is 4.83. The minimum absolute atomic E-state index is 0.110. The summed E-state index contributed by atoms with van der Waals surface area (Å²) in [7, 11) is 0. The summed E-state index contributed by atoms with van der Waals surface area (Å²) in [6.45, 7) is 5.81. The Morgan fingerprint density at radius 3 is 2.75 bits per heavy atom. The van der Waals surface area contributed by atoms with Gasteiger partial charge in [0.2, 0.25) is 5.91 Å². The van der Waals surface area contributed by atoms with Crippen molar-refractivity contribution in [2.45, 2.75) is 32.4 Å². The topological polar surface area (TPSA) is 62.3 Å². The van der Waals surface area contributed by atoms with Crippen LogP contribution in [0.25, 0.3) is 10.8 Å². The van der Waals surface area contributed by atoms with E-state index >= 15 is 0 Å². The van der Waals surface area contributed by atoms with E-state index in [1.54, 1.807) is 22.9 Å². The summed E-state index contributed by atoms with van der Waals surface area (Å²) in [5.74, 6) is 0.816. The number of carbonyl (C=O) groups is 2. The van der Waals surface area contributed by atoms with Gasteiger partial charge < -0.3 is 10.2 Å². The number of hydrogen-bond acceptors (Lipinski definition) is 4. The molecule has 2 heterocycles. The zero-order valence-electron chi connectivity index (χ0n) is 14.1. The number of fused-ring (bicyclic) bond motifs is 1. The van der Waals surface area contributed by atoms with Gasteiger partial charge in [0, 0.05) is 22.9 Å². The molecule has 6 heteroatoms. The molecule has 2 aromatic rings. The maximum absolute atomic E-state index is 13.0. The summed E-state index contributed by atoms with van der Waals surface area (Å²) in [5, 5.41) is 4.76. The zero-order valence-corrected chi connectivity index (χ0v) is 14.9. The van der Waals surface area contributed by atoms with E-state index in [-0.39, 0.29) is 17.4 Å². The van der Waals surface area contributed by atoms with Crippen LogP contribution in [0, 0.1) is 0 Å². The highest BCUT2D eigenvalue weighted by Gasteiger charge is 2.37. The molecule has 1 aliphatic heterocycles. The van der Waals surface area contributed by atoms with Gasteiger partial charge in [-0.1, -0.05) is 24.3 Å². The summed E-state index contributed by atoms with van der Waals surface area (Å²) < 4.78 is 0. The van der Waals surface area contributed by atoms with Crippen molar-refractivity contribution in [3.63, 3.8) is 0 Å². The van der Waals surface area contributed by atoms with Gasteiger partial charge in [-0.15, -0.1) is 11.8 Å². The van der Waals surface area contributed by atoms with Gasteiger partial charge in [-0.2, -0.15) is 0 Å². The number of benzene rings is 1. The van der Waals surface area contributed by atoms with Crippen LogP contribution in [0.5, 0.6) is 0 Å². The van der Waals surface area contributed by atoms with E-state index in [9.17, 15) is 9.59 Å². The predicted octanol–water partition coefficient (Wildman–Crippen LogP) is 2.66. The SMILES string of the molecule is CC(C)(C)NC(=O)[C@H]1CSCN1C(=O)c1nccc2ccccc12. The number of carbonyl (C=O) groups excluding carboxylic acids is 2. The number of amides is 2. The normalized spacial score (nSPS) is 18.0. The van der Waals surface area contributed by atoms with E-state index in [2.05, 4.69) is 10.3 Å². The lowest BCUT2D eigenvalue weighted by Gasteiger charge is -2.27. The van der Waals surface area contributed by atoms with Crippen LogP contribution in [0.15, 0.2) is 36.5 Å². The van der Waals surface area contributed by atoms with E-state index < -0.39 is 6.04 Å². The van der Waals surface area contributed by atoms with Crippen LogP contribution in [-0.2, 0) is 4.79 Å². The van der Waals surface area contributed by atoms with Gasteiger partial charge in [-0.25, -0.2) is 0 Å². The summed E-state index contributed by atoms with van der Waals surface area (Å²) in [4.78, 5) is 31.5. The molecule has 2 amide bonds. The van der Waals surface area contributed by atoms with Gasteiger partial charge in [-0.05, 0) is 32.2 Å². The molecular formula is C18H21N3O2S. The second kappa shape index (κ2) is 6.43. The molecule has 1 fully saturated rings. The Kier molecular flexibility index (Phi) is 4.49. The van der Waals surface area contributed by atoms with Crippen LogP contribution in [0.4, 0.5) is 0 Å². The summed E-state index contributed by atoms with van der Waals surface area (Å²) in [5.41, 5.74) is 0.0840. The lowest BCUT2D eigenvalue weighted by molar-refractivity contribution is -0.125. The van der Waals surface area contributed by atoms with Gasteiger partial charge in [0.1, 0.15) is 11.7 Å². The van der Waals surface area contributed by atoms with Gasteiger partial charge in [-0.3, -0.25) is 14.6 Å². The first-order chi connectivity index (χ1) is 11.4. The van der Waals surface area contributed by atoms with Crippen molar-refractivity contribution >= 4 is 34.3 Å². The smallest absolute Gasteiger partial charge is 0.274 e. The molecule has 1 aromatic carbocycles. The Morgan fingerprint density at radius 2 is 2.00 bits per heavy atom. The molecule has 1 N–H and O–H groups in total. The Bertz CT molecular complexity index is 780.